The second-order valence-corrected chi connectivity index (χ2v) is 5.78. The Hall–Kier alpha value is -2.99. The summed E-state index contributed by atoms with van der Waals surface area (Å²) in [4.78, 5) is 21.1. The number of hydrazine groups is 1. The predicted octanol–water partition coefficient (Wildman–Crippen LogP) is 2.38. The van der Waals surface area contributed by atoms with Crippen LogP contribution in [-0.4, -0.2) is 14.5 Å². The maximum absolute atomic E-state index is 12.6. The van der Waals surface area contributed by atoms with Gasteiger partial charge in [-0.3, -0.25) is 5.01 Å². The van der Waals surface area contributed by atoms with Gasteiger partial charge in [0.05, 0.1) is 12.2 Å². The maximum Gasteiger partial charge on any atom is 0.356 e. The topological polar surface area (TPSA) is 77.0 Å². The van der Waals surface area contributed by atoms with Gasteiger partial charge in [-0.25, -0.2) is 15.2 Å². The summed E-state index contributed by atoms with van der Waals surface area (Å²) >= 11 is 0. The summed E-state index contributed by atoms with van der Waals surface area (Å²) < 4.78 is 1.53. The van der Waals surface area contributed by atoms with Crippen LogP contribution in [0.15, 0.2) is 59.4 Å². The SMILES string of the molecule is CCc1ccccc1-n1c(C)nc(N(N)Cc2ccccc2)nc1=O. The number of anilines is 1. The van der Waals surface area contributed by atoms with Gasteiger partial charge in [-0.1, -0.05) is 55.5 Å². The number of rotatable bonds is 5. The van der Waals surface area contributed by atoms with Gasteiger partial charge < -0.3 is 0 Å². The van der Waals surface area contributed by atoms with E-state index in [-0.39, 0.29) is 11.6 Å². The molecule has 0 bridgehead atoms. The van der Waals surface area contributed by atoms with Crippen molar-refractivity contribution < 1.29 is 0 Å². The Labute approximate surface area is 146 Å². The number of aromatic nitrogens is 3. The molecule has 25 heavy (non-hydrogen) atoms. The van der Waals surface area contributed by atoms with Crippen molar-refractivity contribution in [3.8, 4) is 5.69 Å². The normalized spacial score (nSPS) is 10.7. The Balaban J connectivity index is 1.97. The molecule has 0 spiro atoms. The van der Waals surface area contributed by atoms with E-state index in [1.807, 2.05) is 54.6 Å². The number of aryl methyl sites for hydroxylation is 2. The molecule has 3 aromatic rings. The molecular formula is C19H21N5O. The molecule has 2 aromatic carbocycles. The summed E-state index contributed by atoms with van der Waals surface area (Å²) in [5, 5.41) is 1.39. The summed E-state index contributed by atoms with van der Waals surface area (Å²) in [7, 11) is 0. The highest BCUT2D eigenvalue weighted by molar-refractivity contribution is 5.42. The van der Waals surface area contributed by atoms with Crippen LogP contribution in [0, 0.1) is 6.92 Å². The highest BCUT2D eigenvalue weighted by Crippen LogP contribution is 2.15. The lowest BCUT2D eigenvalue weighted by atomic mass is 10.1. The third-order valence-electron chi connectivity index (χ3n) is 4.04. The summed E-state index contributed by atoms with van der Waals surface area (Å²) in [5.41, 5.74) is 2.52. The Bertz CT molecular complexity index is 921. The number of nitrogens with two attached hydrogens (primary N) is 1. The van der Waals surface area contributed by atoms with Crippen molar-refractivity contribution in [2.45, 2.75) is 26.8 Å². The van der Waals surface area contributed by atoms with Crippen LogP contribution in [0.1, 0.15) is 23.9 Å². The fourth-order valence-electron chi connectivity index (χ4n) is 2.78. The van der Waals surface area contributed by atoms with Gasteiger partial charge in [0.25, 0.3) is 0 Å². The highest BCUT2D eigenvalue weighted by atomic mass is 16.1. The minimum absolute atomic E-state index is 0.219. The second-order valence-electron chi connectivity index (χ2n) is 5.78. The average molecular weight is 335 g/mol. The molecule has 0 saturated carbocycles. The number of para-hydroxylation sites is 1. The van der Waals surface area contributed by atoms with E-state index in [0.29, 0.717) is 12.4 Å². The number of benzene rings is 2. The van der Waals surface area contributed by atoms with Crippen molar-refractivity contribution >= 4 is 5.95 Å². The van der Waals surface area contributed by atoms with Crippen molar-refractivity contribution in [2.75, 3.05) is 5.01 Å². The fraction of sp³-hybridized carbons (Fsp3) is 0.211. The molecule has 0 radical (unpaired) electrons. The third kappa shape index (κ3) is 3.59. The van der Waals surface area contributed by atoms with Crippen molar-refractivity contribution in [1.82, 2.24) is 14.5 Å². The number of hydrogen-bond donors (Lipinski definition) is 1. The molecule has 0 aliphatic rings. The molecule has 3 rings (SSSR count). The Morgan fingerprint density at radius 2 is 1.72 bits per heavy atom. The van der Waals surface area contributed by atoms with Gasteiger partial charge in [0.1, 0.15) is 5.82 Å². The first kappa shape index (κ1) is 16.9. The van der Waals surface area contributed by atoms with E-state index in [4.69, 9.17) is 5.84 Å². The molecule has 0 saturated heterocycles. The molecule has 0 fully saturated rings. The Morgan fingerprint density at radius 1 is 1.04 bits per heavy atom. The van der Waals surface area contributed by atoms with Crippen LogP contribution in [0.5, 0.6) is 0 Å². The zero-order valence-electron chi connectivity index (χ0n) is 14.4. The van der Waals surface area contributed by atoms with E-state index < -0.39 is 0 Å². The first-order valence-corrected chi connectivity index (χ1v) is 8.22. The van der Waals surface area contributed by atoms with Crippen LogP contribution in [0.2, 0.25) is 0 Å². The summed E-state index contributed by atoms with van der Waals surface area (Å²) in [5.74, 6) is 6.84. The van der Waals surface area contributed by atoms with Gasteiger partial charge in [-0.15, -0.1) is 0 Å². The molecule has 0 amide bonds. The van der Waals surface area contributed by atoms with Crippen LogP contribution >= 0.6 is 0 Å². The van der Waals surface area contributed by atoms with Crippen molar-refractivity contribution in [2.24, 2.45) is 5.84 Å². The average Bonchev–Trinajstić information content (AvgIpc) is 2.62. The first-order chi connectivity index (χ1) is 12.1. The van der Waals surface area contributed by atoms with Crippen LogP contribution in [0.25, 0.3) is 5.69 Å². The van der Waals surface area contributed by atoms with Crippen molar-refractivity contribution in [1.29, 1.82) is 0 Å². The summed E-state index contributed by atoms with van der Waals surface area (Å²) in [6.45, 7) is 4.26. The van der Waals surface area contributed by atoms with Crippen molar-refractivity contribution in [3.63, 3.8) is 0 Å². The molecule has 0 aliphatic carbocycles. The molecule has 0 atom stereocenters. The monoisotopic (exact) mass is 335 g/mol. The standard InChI is InChI=1S/C19H21N5O/c1-3-16-11-7-8-12-17(16)24-14(2)21-18(22-19(24)25)23(20)13-15-9-5-4-6-10-15/h4-12H,3,13,20H2,1-2H3. The molecule has 128 valence electrons. The predicted molar refractivity (Wildman–Crippen MR) is 98.6 cm³/mol. The molecule has 2 N–H and O–H groups in total. The van der Waals surface area contributed by atoms with Crippen molar-refractivity contribution in [3.05, 3.63) is 82.0 Å². The van der Waals surface area contributed by atoms with E-state index in [2.05, 4.69) is 16.9 Å². The molecular weight excluding hydrogens is 314 g/mol. The van der Waals surface area contributed by atoms with E-state index in [1.54, 1.807) is 6.92 Å². The van der Waals surface area contributed by atoms with Crippen LogP contribution in [0.3, 0.4) is 0 Å². The van der Waals surface area contributed by atoms with E-state index in [9.17, 15) is 4.79 Å². The van der Waals surface area contributed by atoms with Crippen LogP contribution < -0.4 is 16.5 Å². The van der Waals surface area contributed by atoms with E-state index in [1.165, 1.54) is 9.58 Å². The molecule has 0 unspecified atom stereocenters. The first-order valence-electron chi connectivity index (χ1n) is 8.22. The quantitative estimate of drug-likeness (QED) is 0.572. The van der Waals surface area contributed by atoms with Crippen LogP contribution in [0.4, 0.5) is 5.95 Å². The minimum atomic E-state index is -0.382. The number of hydrogen-bond acceptors (Lipinski definition) is 5. The lowest BCUT2D eigenvalue weighted by Crippen LogP contribution is -2.36. The smallest absolute Gasteiger partial charge is 0.274 e. The zero-order valence-corrected chi connectivity index (χ0v) is 14.4. The highest BCUT2D eigenvalue weighted by Gasteiger charge is 2.14. The van der Waals surface area contributed by atoms with Crippen LogP contribution in [-0.2, 0) is 13.0 Å². The lowest BCUT2D eigenvalue weighted by molar-refractivity contribution is 0.740. The van der Waals surface area contributed by atoms with E-state index >= 15 is 0 Å². The Morgan fingerprint density at radius 3 is 2.40 bits per heavy atom. The minimum Gasteiger partial charge on any atom is -0.274 e. The van der Waals surface area contributed by atoms with Gasteiger partial charge in [0.2, 0.25) is 5.95 Å². The van der Waals surface area contributed by atoms with Gasteiger partial charge >= 0.3 is 5.69 Å². The van der Waals surface area contributed by atoms with Gasteiger partial charge in [-0.2, -0.15) is 9.97 Å². The molecule has 1 aromatic heterocycles. The molecule has 6 heteroatoms. The maximum atomic E-state index is 12.6. The molecule has 0 aliphatic heterocycles. The molecule has 1 heterocycles. The molecule has 6 nitrogen and oxygen atoms in total. The zero-order chi connectivity index (χ0) is 17.8. The van der Waals surface area contributed by atoms with E-state index in [0.717, 1.165) is 23.2 Å². The third-order valence-corrected chi connectivity index (χ3v) is 4.04. The summed E-state index contributed by atoms with van der Waals surface area (Å²) in [6, 6.07) is 17.5. The Kier molecular flexibility index (Phi) is 4.90. The van der Waals surface area contributed by atoms with Gasteiger partial charge in [0.15, 0.2) is 0 Å². The number of nitrogens with zero attached hydrogens (tertiary/aromatic N) is 4. The fourth-order valence-corrected chi connectivity index (χ4v) is 2.78. The summed E-state index contributed by atoms with van der Waals surface area (Å²) in [6.07, 6.45) is 0.820. The second kappa shape index (κ2) is 7.27. The largest absolute Gasteiger partial charge is 0.356 e. The van der Waals surface area contributed by atoms with Gasteiger partial charge in [-0.05, 0) is 30.5 Å². The lowest BCUT2D eigenvalue weighted by Gasteiger charge is -2.18. The van der Waals surface area contributed by atoms with Gasteiger partial charge in [0, 0.05) is 0 Å².